The standard InChI is InChI=1S/C14H10FN3O3S/c15-9-6-7-12-11(8-9)13(14(19)16-12)17-18-22(20,21)10-4-2-1-3-5-10/h1-8,16,19H. The second kappa shape index (κ2) is 5.23. The molecular formula is C14H10FN3O3S. The van der Waals surface area contributed by atoms with Gasteiger partial charge in [-0.25, -0.2) is 4.39 Å². The molecule has 0 atom stereocenters. The normalized spacial score (nSPS) is 12.2. The Labute approximate surface area is 125 Å². The summed E-state index contributed by atoms with van der Waals surface area (Å²) in [6.45, 7) is 0. The predicted molar refractivity (Wildman–Crippen MR) is 78.1 cm³/mol. The van der Waals surface area contributed by atoms with Crippen LogP contribution in [0.4, 0.5) is 10.1 Å². The van der Waals surface area contributed by atoms with Crippen LogP contribution in [0.2, 0.25) is 0 Å². The van der Waals surface area contributed by atoms with Crippen LogP contribution in [0.15, 0.2) is 63.1 Å². The van der Waals surface area contributed by atoms with Crippen molar-refractivity contribution in [1.82, 2.24) is 4.98 Å². The zero-order chi connectivity index (χ0) is 15.7. The van der Waals surface area contributed by atoms with Gasteiger partial charge in [0.05, 0.1) is 10.4 Å². The van der Waals surface area contributed by atoms with Crippen molar-refractivity contribution >= 4 is 26.6 Å². The first-order chi connectivity index (χ1) is 10.5. The highest BCUT2D eigenvalue weighted by molar-refractivity contribution is 7.90. The highest BCUT2D eigenvalue weighted by atomic mass is 32.2. The van der Waals surface area contributed by atoms with E-state index in [-0.39, 0.29) is 21.8 Å². The van der Waals surface area contributed by atoms with E-state index in [1.165, 1.54) is 24.3 Å². The Morgan fingerprint density at radius 2 is 1.82 bits per heavy atom. The number of H-pyrrole nitrogens is 1. The van der Waals surface area contributed by atoms with Gasteiger partial charge < -0.3 is 10.1 Å². The third kappa shape index (κ3) is 2.56. The fraction of sp³-hybridized carbons (Fsp3) is 0. The molecule has 0 fully saturated rings. The molecule has 0 aliphatic rings. The first-order valence-corrected chi connectivity index (χ1v) is 7.65. The smallest absolute Gasteiger partial charge is 0.299 e. The zero-order valence-electron chi connectivity index (χ0n) is 11.1. The van der Waals surface area contributed by atoms with Gasteiger partial charge in [0.1, 0.15) is 5.82 Å². The molecule has 0 aliphatic carbocycles. The van der Waals surface area contributed by atoms with Crippen LogP contribution in [0.3, 0.4) is 0 Å². The lowest BCUT2D eigenvalue weighted by Crippen LogP contribution is -1.94. The summed E-state index contributed by atoms with van der Waals surface area (Å²) in [5.74, 6) is -0.915. The van der Waals surface area contributed by atoms with E-state index in [9.17, 15) is 17.9 Å². The van der Waals surface area contributed by atoms with Crippen molar-refractivity contribution in [2.75, 3.05) is 0 Å². The molecule has 6 nitrogen and oxygen atoms in total. The fourth-order valence-corrected chi connectivity index (χ4v) is 2.76. The Morgan fingerprint density at radius 3 is 2.55 bits per heavy atom. The lowest BCUT2D eigenvalue weighted by molar-refractivity contribution is 0.459. The fourth-order valence-electron chi connectivity index (χ4n) is 1.97. The van der Waals surface area contributed by atoms with Crippen molar-refractivity contribution in [2.45, 2.75) is 4.90 Å². The third-order valence-electron chi connectivity index (χ3n) is 3.00. The van der Waals surface area contributed by atoms with Crippen molar-refractivity contribution in [3.05, 3.63) is 54.3 Å². The van der Waals surface area contributed by atoms with E-state index in [0.717, 1.165) is 6.07 Å². The lowest BCUT2D eigenvalue weighted by atomic mass is 10.2. The summed E-state index contributed by atoms with van der Waals surface area (Å²) in [4.78, 5) is 2.55. The number of hydrogen-bond donors (Lipinski definition) is 2. The number of fused-ring (bicyclic) bond motifs is 1. The summed E-state index contributed by atoms with van der Waals surface area (Å²) < 4.78 is 40.6. The Morgan fingerprint density at radius 1 is 1.09 bits per heavy atom. The van der Waals surface area contributed by atoms with E-state index < -0.39 is 15.8 Å². The maximum atomic E-state index is 13.3. The Hall–Kier alpha value is -2.74. The first-order valence-electron chi connectivity index (χ1n) is 6.20. The molecule has 2 N–H and O–H groups in total. The van der Waals surface area contributed by atoms with Crippen LogP contribution in [-0.4, -0.2) is 18.5 Å². The van der Waals surface area contributed by atoms with Crippen molar-refractivity contribution in [1.29, 1.82) is 0 Å². The zero-order valence-corrected chi connectivity index (χ0v) is 11.9. The van der Waals surface area contributed by atoms with Crippen molar-refractivity contribution in [3.8, 4) is 5.88 Å². The van der Waals surface area contributed by atoms with Gasteiger partial charge in [-0.05, 0) is 30.3 Å². The molecule has 0 spiro atoms. The average molecular weight is 319 g/mol. The molecule has 0 bridgehead atoms. The quantitative estimate of drug-likeness (QED) is 0.723. The molecule has 3 aromatic rings. The number of sulfonamides is 1. The number of nitrogens with zero attached hydrogens (tertiary/aromatic N) is 2. The second-order valence-corrected chi connectivity index (χ2v) is 6.07. The van der Waals surface area contributed by atoms with Gasteiger partial charge in [0, 0.05) is 5.39 Å². The minimum Gasteiger partial charge on any atom is -0.493 e. The summed E-state index contributed by atoms with van der Waals surface area (Å²) in [5, 5.41) is 13.6. The number of hydrogen-bond acceptors (Lipinski definition) is 4. The maximum Gasteiger partial charge on any atom is 0.299 e. The summed E-state index contributed by atoms with van der Waals surface area (Å²) >= 11 is 0. The van der Waals surface area contributed by atoms with Crippen LogP contribution in [-0.2, 0) is 10.0 Å². The van der Waals surface area contributed by atoms with Gasteiger partial charge >= 0.3 is 0 Å². The average Bonchev–Trinajstić information content (AvgIpc) is 2.81. The Kier molecular flexibility index (Phi) is 3.38. The molecule has 22 heavy (non-hydrogen) atoms. The summed E-state index contributed by atoms with van der Waals surface area (Å²) in [5.41, 5.74) is 0.291. The van der Waals surface area contributed by atoms with Gasteiger partial charge in [0.25, 0.3) is 10.0 Å². The van der Waals surface area contributed by atoms with Gasteiger partial charge in [-0.1, -0.05) is 22.7 Å². The summed E-state index contributed by atoms with van der Waals surface area (Å²) in [6.07, 6.45) is 0. The van der Waals surface area contributed by atoms with Crippen molar-refractivity contribution in [2.24, 2.45) is 9.63 Å². The van der Waals surface area contributed by atoms with E-state index in [2.05, 4.69) is 14.6 Å². The van der Waals surface area contributed by atoms with Crippen LogP contribution >= 0.6 is 0 Å². The number of aromatic amines is 1. The molecule has 2 aromatic carbocycles. The molecule has 1 aromatic heterocycles. The van der Waals surface area contributed by atoms with E-state index in [0.29, 0.717) is 5.52 Å². The second-order valence-electron chi connectivity index (χ2n) is 4.48. The molecule has 0 aliphatic heterocycles. The molecule has 112 valence electrons. The predicted octanol–water partition coefficient (Wildman–Crippen LogP) is 3.49. The molecule has 0 radical (unpaired) electrons. The van der Waals surface area contributed by atoms with E-state index in [4.69, 9.17) is 0 Å². The highest BCUT2D eigenvalue weighted by Gasteiger charge is 2.15. The van der Waals surface area contributed by atoms with Crippen molar-refractivity contribution < 1.29 is 17.9 Å². The van der Waals surface area contributed by atoms with E-state index >= 15 is 0 Å². The van der Waals surface area contributed by atoms with E-state index in [1.807, 2.05) is 0 Å². The third-order valence-corrected chi connectivity index (χ3v) is 4.17. The largest absolute Gasteiger partial charge is 0.493 e. The highest BCUT2D eigenvalue weighted by Crippen LogP contribution is 2.36. The number of halogens is 1. The van der Waals surface area contributed by atoms with Gasteiger partial charge in [-0.3, -0.25) is 0 Å². The number of rotatable bonds is 3. The van der Waals surface area contributed by atoms with Crippen LogP contribution in [0.25, 0.3) is 10.9 Å². The van der Waals surface area contributed by atoms with Crippen LogP contribution in [0, 0.1) is 5.82 Å². The number of aromatic hydroxyl groups is 1. The molecular weight excluding hydrogens is 309 g/mol. The minimum absolute atomic E-state index is 0.0238. The van der Waals surface area contributed by atoms with Gasteiger partial charge in [-0.15, -0.1) is 5.11 Å². The Balaban J connectivity index is 2.06. The number of aromatic nitrogens is 1. The van der Waals surface area contributed by atoms with E-state index in [1.54, 1.807) is 18.2 Å². The van der Waals surface area contributed by atoms with Gasteiger partial charge in [0.15, 0.2) is 5.69 Å². The molecule has 1 heterocycles. The molecule has 0 unspecified atom stereocenters. The van der Waals surface area contributed by atoms with Crippen molar-refractivity contribution in [3.63, 3.8) is 0 Å². The first kappa shape index (κ1) is 14.2. The summed E-state index contributed by atoms with van der Waals surface area (Å²) in [6, 6.07) is 11.3. The monoisotopic (exact) mass is 319 g/mol. The lowest BCUT2D eigenvalue weighted by Gasteiger charge is -1.96. The van der Waals surface area contributed by atoms with Crippen LogP contribution in [0.1, 0.15) is 0 Å². The Bertz CT molecular complexity index is 966. The molecule has 0 amide bonds. The van der Waals surface area contributed by atoms with Gasteiger partial charge in [-0.2, -0.15) is 8.42 Å². The van der Waals surface area contributed by atoms with Gasteiger partial charge in [0.2, 0.25) is 5.88 Å². The number of nitrogens with one attached hydrogen (secondary N) is 1. The maximum absolute atomic E-state index is 13.3. The SMILES string of the molecule is O=S(=O)(N=Nc1c(O)[nH]c2ccc(F)cc12)c1ccccc1. The molecule has 3 rings (SSSR count). The molecule has 8 heteroatoms. The topological polar surface area (TPSA) is 94.9 Å². The summed E-state index contributed by atoms with van der Waals surface area (Å²) in [7, 11) is -3.99. The van der Waals surface area contributed by atoms with Crippen LogP contribution < -0.4 is 0 Å². The molecule has 0 saturated carbocycles. The minimum atomic E-state index is -3.99. The van der Waals surface area contributed by atoms with Crippen LogP contribution in [0.5, 0.6) is 5.88 Å². The molecule has 0 saturated heterocycles. The number of benzene rings is 2.